The molecule has 2 heterocycles. The number of amides is 2. The maximum absolute atomic E-state index is 13.3. The van der Waals surface area contributed by atoms with Crippen molar-refractivity contribution in [1.29, 1.82) is 0 Å². The number of hydrogen-bond acceptors (Lipinski definition) is 3. The van der Waals surface area contributed by atoms with Gasteiger partial charge in [0.05, 0.1) is 15.7 Å². The lowest BCUT2D eigenvalue weighted by Gasteiger charge is -2.25. The molecule has 0 bridgehead atoms. The maximum Gasteiger partial charge on any atom is 0.321 e. The Kier molecular flexibility index (Phi) is 5.78. The quantitative estimate of drug-likeness (QED) is 0.811. The topological polar surface area (TPSA) is 48.5 Å². The highest BCUT2D eigenvalue weighted by Gasteiger charge is 2.22. The average Bonchev–Trinajstić information content (AvgIpc) is 2.84. The molecular formula is C17H16Cl2F2N4O. The van der Waals surface area contributed by atoms with Gasteiger partial charge in [0.1, 0.15) is 0 Å². The molecule has 1 N–H and O–H groups in total. The third kappa shape index (κ3) is 4.16. The van der Waals surface area contributed by atoms with Crippen LogP contribution in [0.3, 0.4) is 0 Å². The Balaban J connectivity index is 1.66. The predicted molar refractivity (Wildman–Crippen MR) is 98.0 cm³/mol. The molecule has 0 radical (unpaired) electrons. The summed E-state index contributed by atoms with van der Waals surface area (Å²) in [7, 11) is 0. The monoisotopic (exact) mass is 400 g/mol. The van der Waals surface area contributed by atoms with Gasteiger partial charge < -0.3 is 15.1 Å². The Hall–Kier alpha value is -2.12. The van der Waals surface area contributed by atoms with Crippen LogP contribution in [0.15, 0.2) is 30.6 Å². The van der Waals surface area contributed by atoms with E-state index in [1.54, 1.807) is 4.90 Å². The molecular weight excluding hydrogens is 385 g/mol. The minimum absolute atomic E-state index is 0.204. The molecule has 2 amide bonds. The Labute approximate surface area is 159 Å². The Morgan fingerprint density at radius 3 is 2.46 bits per heavy atom. The number of hydrogen-bond donors (Lipinski definition) is 1. The van der Waals surface area contributed by atoms with Crippen molar-refractivity contribution in [2.24, 2.45) is 0 Å². The summed E-state index contributed by atoms with van der Waals surface area (Å²) in [5.41, 5.74) is 0.904. The highest BCUT2D eigenvalue weighted by Crippen LogP contribution is 2.33. The van der Waals surface area contributed by atoms with E-state index in [2.05, 4.69) is 10.3 Å². The standard InChI is InChI=1S/C17H16Cl2F2N4O/c18-12-9-22-10-13(19)16(12)24-4-1-5-25(7-6-24)17(26)23-11-2-3-14(20)15(21)8-11/h2-3,8-10H,1,4-7H2,(H,23,26). The maximum atomic E-state index is 13.3. The molecule has 1 aromatic heterocycles. The first kappa shape index (κ1) is 18.7. The molecule has 1 fully saturated rings. The van der Waals surface area contributed by atoms with Gasteiger partial charge in [-0.1, -0.05) is 23.2 Å². The summed E-state index contributed by atoms with van der Waals surface area (Å²) in [6, 6.07) is 2.87. The van der Waals surface area contributed by atoms with Gasteiger partial charge in [0, 0.05) is 50.3 Å². The number of nitrogens with zero attached hydrogens (tertiary/aromatic N) is 3. The van der Waals surface area contributed by atoms with E-state index in [0.29, 0.717) is 48.3 Å². The molecule has 0 saturated carbocycles. The molecule has 1 aliphatic rings. The van der Waals surface area contributed by atoms with E-state index in [-0.39, 0.29) is 11.7 Å². The number of carbonyl (C=O) groups is 1. The van der Waals surface area contributed by atoms with Gasteiger partial charge in [-0.2, -0.15) is 0 Å². The largest absolute Gasteiger partial charge is 0.367 e. The first-order valence-electron chi connectivity index (χ1n) is 8.00. The second-order valence-electron chi connectivity index (χ2n) is 5.84. The van der Waals surface area contributed by atoms with Crippen molar-refractivity contribution < 1.29 is 13.6 Å². The first-order valence-corrected chi connectivity index (χ1v) is 8.76. The van der Waals surface area contributed by atoms with Crippen LogP contribution in [0.1, 0.15) is 6.42 Å². The number of benzene rings is 1. The van der Waals surface area contributed by atoms with Crippen molar-refractivity contribution in [2.45, 2.75) is 6.42 Å². The van der Waals surface area contributed by atoms with Crippen LogP contribution in [0.25, 0.3) is 0 Å². The number of aromatic nitrogens is 1. The van der Waals surface area contributed by atoms with Crippen molar-refractivity contribution in [2.75, 3.05) is 36.4 Å². The minimum Gasteiger partial charge on any atom is -0.367 e. The second kappa shape index (κ2) is 8.05. The molecule has 5 nitrogen and oxygen atoms in total. The lowest BCUT2D eigenvalue weighted by atomic mass is 10.3. The third-order valence-corrected chi connectivity index (χ3v) is 4.65. The Bertz CT molecular complexity index is 801. The molecule has 0 atom stereocenters. The highest BCUT2D eigenvalue weighted by atomic mass is 35.5. The van der Waals surface area contributed by atoms with E-state index in [1.807, 2.05) is 4.90 Å². The van der Waals surface area contributed by atoms with Crippen LogP contribution in [0, 0.1) is 11.6 Å². The lowest BCUT2D eigenvalue weighted by molar-refractivity contribution is 0.215. The smallest absolute Gasteiger partial charge is 0.321 e. The number of halogens is 4. The van der Waals surface area contributed by atoms with E-state index in [0.717, 1.165) is 12.1 Å². The van der Waals surface area contributed by atoms with Crippen LogP contribution in [0.5, 0.6) is 0 Å². The molecule has 9 heteroatoms. The molecule has 2 aromatic rings. The molecule has 138 valence electrons. The van der Waals surface area contributed by atoms with Gasteiger partial charge in [-0.15, -0.1) is 0 Å². The van der Waals surface area contributed by atoms with Crippen molar-refractivity contribution in [3.63, 3.8) is 0 Å². The minimum atomic E-state index is -1.01. The number of carbonyl (C=O) groups excluding carboxylic acids is 1. The zero-order chi connectivity index (χ0) is 18.7. The highest BCUT2D eigenvalue weighted by molar-refractivity contribution is 6.38. The molecule has 26 heavy (non-hydrogen) atoms. The fraction of sp³-hybridized carbons (Fsp3) is 0.294. The summed E-state index contributed by atoms with van der Waals surface area (Å²) in [5.74, 6) is -1.97. The molecule has 1 aliphatic heterocycles. The Morgan fingerprint density at radius 2 is 1.77 bits per heavy atom. The molecule has 0 spiro atoms. The van der Waals surface area contributed by atoms with Gasteiger partial charge in [0.2, 0.25) is 0 Å². The Morgan fingerprint density at radius 1 is 1.04 bits per heavy atom. The van der Waals surface area contributed by atoms with Crippen LogP contribution in [0.4, 0.5) is 25.0 Å². The van der Waals surface area contributed by atoms with Gasteiger partial charge in [0.25, 0.3) is 0 Å². The molecule has 0 aliphatic carbocycles. The summed E-state index contributed by atoms with van der Waals surface area (Å²) in [6.07, 6.45) is 3.77. The van der Waals surface area contributed by atoms with E-state index >= 15 is 0 Å². The zero-order valence-electron chi connectivity index (χ0n) is 13.7. The number of nitrogens with one attached hydrogen (secondary N) is 1. The summed E-state index contributed by atoms with van der Waals surface area (Å²) < 4.78 is 26.3. The van der Waals surface area contributed by atoms with E-state index in [9.17, 15) is 13.6 Å². The predicted octanol–water partition coefficient (Wildman–Crippen LogP) is 4.41. The SMILES string of the molecule is O=C(Nc1ccc(F)c(F)c1)N1CCCN(c2c(Cl)cncc2Cl)CC1. The average molecular weight is 401 g/mol. The number of pyridine rings is 1. The van der Waals surface area contributed by atoms with Crippen molar-refractivity contribution in [3.05, 3.63) is 52.3 Å². The van der Waals surface area contributed by atoms with Gasteiger partial charge >= 0.3 is 6.03 Å². The fourth-order valence-corrected chi connectivity index (χ4v) is 3.43. The summed E-state index contributed by atoms with van der Waals surface area (Å²) in [4.78, 5) is 20.0. The van der Waals surface area contributed by atoms with Crippen LogP contribution in [-0.2, 0) is 0 Å². The van der Waals surface area contributed by atoms with Gasteiger partial charge in [-0.25, -0.2) is 13.6 Å². The summed E-state index contributed by atoms with van der Waals surface area (Å²) >= 11 is 12.4. The molecule has 1 saturated heterocycles. The first-order chi connectivity index (χ1) is 12.5. The van der Waals surface area contributed by atoms with Crippen LogP contribution in [0.2, 0.25) is 10.0 Å². The normalized spacial score (nSPS) is 14.9. The second-order valence-corrected chi connectivity index (χ2v) is 6.65. The van der Waals surface area contributed by atoms with Crippen LogP contribution < -0.4 is 10.2 Å². The van der Waals surface area contributed by atoms with Crippen LogP contribution >= 0.6 is 23.2 Å². The van der Waals surface area contributed by atoms with Crippen molar-refractivity contribution >= 4 is 40.6 Å². The van der Waals surface area contributed by atoms with E-state index in [1.165, 1.54) is 18.5 Å². The van der Waals surface area contributed by atoms with Crippen LogP contribution in [-0.4, -0.2) is 42.1 Å². The van der Waals surface area contributed by atoms with Crippen molar-refractivity contribution in [1.82, 2.24) is 9.88 Å². The van der Waals surface area contributed by atoms with Gasteiger partial charge in [-0.05, 0) is 18.6 Å². The lowest BCUT2D eigenvalue weighted by Crippen LogP contribution is -2.38. The summed E-state index contributed by atoms with van der Waals surface area (Å²) in [6.45, 7) is 2.17. The number of rotatable bonds is 2. The van der Waals surface area contributed by atoms with Gasteiger partial charge in [-0.3, -0.25) is 4.98 Å². The van der Waals surface area contributed by atoms with E-state index in [4.69, 9.17) is 23.2 Å². The third-order valence-electron chi connectivity index (χ3n) is 4.10. The molecule has 1 aromatic carbocycles. The summed E-state index contributed by atoms with van der Waals surface area (Å²) in [5, 5.41) is 3.50. The number of anilines is 2. The molecule has 3 rings (SSSR count). The molecule has 0 unspecified atom stereocenters. The number of urea groups is 1. The van der Waals surface area contributed by atoms with E-state index < -0.39 is 11.6 Å². The van der Waals surface area contributed by atoms with Crippen molar-refractivity contribution in [3.8, 4) is 0 Å². The fourth-order valence-electron chi connectivity index (χ4n) is 2.83. The van der Waals surface area contributed by atoms with Gasteiger partial charge in [0.15, 0.2) is 11.6 Å². The zero-order valence-corrected chi connectivity index (χ0v) is 15.2.